The second kappa shape index (κ2) is 4.51. The Bertz CT molecular complexity index is 602. The molecule has 0 heterocycles. The fourth-order valence-corrected chi connectivity index (χ4v) is 2.40. The van der Waals surface area contributed by atoms with Gasteiger partial charge in [-0.1, -0.05) is 6.92 Å². The second-order valence-electron chi connectivity index (χ2n) is 4.41. The third-order valence-electron chi connectivity index (χ3n) is 2.84. The van der Waals surface area contributed by atoms with Crippen LogP contribution < -0.4 is 5.32 Å². The lowest BCUT2D eigenvalue weighted by Crippen LogP contribution is -2.26. The Morgan fingerprint density at radius 2 is 2.06 bits per heavy atom. The highest BCUT2D eigenvalue weighted by Crippen LogP contribution is 2.29. The molecule has 98 valence electrons. The van der Waals surface area contributed by atoms with Crippen LogP contribution in [0.2, 0.25) is 0 Å². The van der Waals surface area contributed by atoms with Crippen LogP contribution in [-0.4, -0.2) is 20.4 Å². The lowest BCUT2D eigenvalue weighted by atomic mass is 10.2. The van der Waals surface area contributed by atoms with E-state index in [2.05, 4.69) is 5.32 Å². The predicted octanol–water partition coefficient (Wildman–Crippen LogP) is 1.89. The fraction of sp³-hybridized carbons (Fsp3) is 0.364. The van der Waals surface area contributed by atoms with Gasteiger partial charge in [-0.15, -0.1) is 0 Å². The van der Waals surface area contributed by atoms with Gasteiger partial charge in [-0.2, -0.15) is 0 Å². The summed E-state index contributed by atoms with van der Waals surface area (Å²) in [5.74, 6) is -0.908. The maximum absolute atomic E-state index is 13.2. The molecule has 1 aliphatic rings. The van der Waals surface area contributed by atoms with Crippen LogP contribution in [0.15, 0.2) is 23.1 Å². The first-order valence-electron chi connectivity index (χ1n) is 5.33. The molecule has 1 saturated carbocycles. The van der Waals surface area contributed by atoms with Crippen LogP contribution in [-0.2, 0) is 9.05 Å². The van der Waals surface area contributed by atoms with Gasteiger partial charge in [-0.25, -0.2) is 12.8 Å². The maximum Gasteiger partial charge on any atom is 0.261 e. The molecule has 2 rings (SSSR count). The van der Waals surface area contributed by atoms with Crippen molar-refractivity contribution in [2.45, 2.75) is 24.3 Å². The van der Waals surface area contributed by atoms with E-state index in [0.29, 0.717) is 5.92 Å². The van der Waals surface area contributed by atoms with Crippen molar-refractivity contribution in [2.24, 2.45) is 5.92 Å². The third kappa shape index (κ3) is 3.00. The van der Waals surface area contributed by atoms with Gasteiger partial charge >= 0.3 is 0 Å². The molecule has 1 fully saturated rings. The number of carbonyl (C=O) groups is 1. The van der Waals surface area contributed by atoms with Crippen molar-refractivity contribution in [1.29, 1.82) is 0 Å². The number of halogens is 2. The zero-order valence-electron chi connectivity index (χ0n) is 9.48. The SMILES string of the molecule is CC1CC1NC(=O)c1cc(F)cc(S(=O)(=O)Cl)c1. The number of benzene rings is 1. The molecule has 0 saturated heterocycles. The first-order chi connectivity index (χ1) is 8.27. The Morgan fingerprint density at radius 1 is 1.44 bits per heavy atom. The summed E-state index contributed by atoms with van der Waals surface area (Å²) in [5, 5.41) is 2.68. The highest BCUT2D eigenvalue weighted by atomic mass is 35.7. The van der Waals surface area contributed by atoms with E-state index < -0.39 is 25.7 Å². The third-order valence-corrected chi connectivity index (χ3v) is 4.17. The maximum atomic E-state index is 13.2. The molecule has 2 unspecified atom stereocenters. The van der Waals surface area contributed by atoms with Crippen LogP contribution in [0.5, 0.6) is 0 Å². The van der Waals surface area contributed by atoms with Gasteiger partial charge in [0.1, 0.15) is 5.82 Å². The molecule has 1 aliphatic carbocycles. The van der Waals surface area contributed by atoms with Crippen molar-refractivity contribution in [3.8, 4) is 0 Å². The average Bonchev–Trinajstić information content (AvgIpc) is 2.92. The minimum atomic E-state index is -4.05. The number of hydrogen-bond acceptors (Lipinski definition) is 3. The van der Waals surface area contributed by atoms with E-state index >= 15 is 0 Å². The molecular weight excluding hydrogens is 281 g/mol. The van der Waals surface area contributed by atoms with Gasteiger partial charge in [-0.05, 0) is 30.5 Å². The smallest absolute Gasteiger partial charge is 0.261 e. The summed E-state index contributed by atoms with van der Waals surface area (Å²) in [6.07, 6.45) is 0.877. The van der Waals surface area contributed by atoms with E-state index in [-0.39, 0.29) is 11.6 Å². The lowest BCUT2D eigenvalue weighted by molar-refractivity contribution is 0.0948. The van der Waals surface area contributed by atoms with Gasteiger partial charge in [0, 0.05) is 22.3 Å². The predicted molar refractivity (Wildman–Crippen MR) is 64.5 cm³/mol. The van der Waals surface area contributed by atoms with Gasteiger partial charge < -0.3 is 5.32 Å². The normalized spacial score (nSPS) is 22.6. The molecule has 2 atom stereocenters. The molecule has 1 amide bonds. The van der Waals surface area contributed by atoms with Gasteiger partial charge in [-0.3, -0.25) is 4.79 Å². The van der Waals surface area contributed by atoms with E-state index in [9.17, 15) is 17.6 Å². The Labute approximate surface area is 109 Å². The quantitative estimate of drug-likeness (QED) is 0.865. The van der Waals surface area contributed by atoms with E-state index in [1.54, 1.807) is 0 Å². The number of carbonyl (C=O) groups excluding carboxylic acids is 1. The monoisotopic (exact) mass is 291 g/mol. The van der Waals surface area contributed by atoms with E-state index in [4.69, 9.17) is 10.7 Å². The molecule has 0 spiro atoms. The Balaban J connectivity index is 2.27. The van der Waals surface area contributed by atoms with Crippen molar-refractivity contribution in [3.63, 3.8) is 0 Å². The highest BCUT2D eigenvalue weighted by Gasteiger charge is 2.34. The number of hydrogen-bond donors (Lipinski definition) is 1. The van der Waals surface area contributed by atoms with Gasteiger partial charge in [0.2, 0.25) is 0 Å². The lowest BCUT2D eigenvalue weighted by Gasteiger charge is -2.05. The summed E-state index contributed by atoms with van der Waals surface area (Å²) in [6.45, 7) is 1.98. The molecule has 1 aromatic carbocycles. The molecule has 7 heteroatoms. The van der Waals surface area contributed by atoms with Crippen LogP contribution in [0, 0.1) is 11.7 Å². The first-order valence-corrected chi connectivity index (χ1v) is 7.64. The van der Waals surface area contributed by atoms with Crippen LogP contribution in [0.25, 0.3) is 0 Å². The minimum Gasteiger partial charge on any atom is -0.349 e. The van der Waals surface area contributed by atoms with E-state index in [0.717, 1.165) is 24.6 Å². The molecule has 0 aromatic heterocycles. The molecular formula is C11H11ClFNO3S. The summed E-state index contributed by atoms with van der Waals surface area (Å²) in [4.78, 5) is 11.3. The Kier molecular flexibility index (Phi) is 3.33. The average molecular weight is 292 g/mol. The highest BCUT2D eigenvalue weighted by molar-refractivity contribution is 8.13. The second-order valence-corrected chi connectivity index (χ2v) is 6.97. The number of rotatable bonds is 3. The standard InChI is InChI=1S/C11H11ClFNO3S/c1-6-2-10(6)14-11(15)7-3-8(13)5-9(4-7)18(12,16)17/h3-6,10H,2H2,1H3,(H,14,15). The summed E-state index contributed by atoms with van der Waals surface area (Å²) in [7, 11) is 1.07. The summed E-state index contributed by atoms with van der Waals surface area (Å²) in [6, 6.07) is 2.90. The van der Waals surface area contributed by atoms with Crippen LogP contribution in [0.1, 0.15) is 23.7 Å². The van der Waals surface area contributed by atoms with Crippen molar-refractivity contribution in [1.82, 2.24) is 5.32 Å². The van der Waals surface area contributed by atoms with Crippen molar-refractivity contribution in [2.75, 3.05) is 0 Å². The molecule has 4 nitrogen and oxygen atoms in total. The zero-order chi connectivity index (χ0) is 13.5. The van der Waals surface area contributed by atoms with E-state index in [1.165, 1.54) is 0 Å². The minimum absolute atomic E-state index is 0.0478. The van der Waals surface area contributed by atoms with Crippen LogP contribution >= 0.6 is 10.7 Å². The number of nitrogens with one attached hydrogen (secondary N) is 1. The van der Waals surface area contributed by atoms with Crippen LogP contribution in [0.3, 0.4) is 0 Å². The van der Waals surface area contributed by atoms with Gasteiger partial charge in [0.15, 0.2) is 0 Å². The molecule has 1 aromatic rings. The first kappa shape index (κ1) is 13.3. The largest absolute Gasteiger partial charge is 0.349 e. The molecule has 0 radical (unpaired) electrons. The van der Waals surface area contributed by atoms with Crippen LogP contribution in [0.4, 0.5) is 4.39 Å². The van der Waals surface area contributed by atoms with Crippen molar-refractivity contribution < 1.29 is 17.6 Å². The molecule has 0 bridgehead atoms. The fourth-order valence-electron chi connectivity index (χ4n) is 1.61. The number of amides is 1. The Hall–Kier alpha value is -1.14. The zero-order valence-corrected chi connectivity index (χ0v) is 11.1. The molecule has 0 aliphatic heterocycles. The van der Waals surface area contributed by atoms with Crippen molar-refractivity contribution in [3.05, 3.63) is 29.6 Å². The molecule has 18 heavy (non-hydrogen) atoms. The summed E-state index contributed by atoms with van der Waals surface area (Å²) in [5.41, 5.74) is -0.0478. The van der Waals surface area contributed by atoms with E-state index in [1.807, 2.05) is 6.92 Å². The van der Waals surface area contributed by atoms with Gasteiger partial charge in [0.05, 0.1) is 4.90 Å². The van der Waals surface area contributed by atoms with Gasteiger partial charge in [0.25, 0.3) is 15.0 Å². The molecule has 1 N–H and O–H groups in total. The van der Waals surface area contributed by atoms with Crippen molar-refractivity contribution >= 4 is 25.6 Å². The summed E-state index contributed by atoms with van der Waals surface area (Å²) >= 11 is 0. The Morgan fingerprint density at radius 3 is 2.56 bits per heavy atom. The summed E-state index contributed by atoms with van der Waals surface area (Å²) < 4.78 is 35.5. The topological polar surface area (TPSA) is 63.2 Å².